The maximum Gasteiger partial charge on any atom is 0.185 e. The Bertz CT molecular complexity index is 834. The number of carbonyl (C=O) groups excluding carboxylic acids is 1. The quantitative estimate of drug-likeness (QED) is 0.492. The molecule has 0 radical (unpaired) electrons. The molecular formula is C19H13FO. The van der Waals surface area contributed by atoms with Gasteiger partial charge in [0.1, 0.15) is 5.82 Å². The van der Waals surface area contributed by atoms with Crippen molar-refractivity contribution in [1.82, 2.24) is 0 Å². The van der Waals surface area contributed by atoms with Gasteiger partial charge in [0.05, 0.1) is 0 Å². The van der Waals surface area contributed by atoms with Crippen LogP contribution in [0.25, 0.3) is 16.8 Å². The minimum absolute atomic E-state index is 0.0926. The first-order valence-corrected chi connectivity index (χ1v) is 6.69. The fourth-order valence-corrected chi connectivity index (χ4v) is 2.22. The van der Waals surface area contributed by atoms with Crippen LogP contribution < -0.4 is 0 Å². The number of fused-ring (bicyclic) bond motifs is 1. The highest BCUT2D eigenvalue weighted by molar-refractivity contribution is 6.08. The molecule has 21 heavy (non-hydrogen) atoms. The van der Waals surface area contributed by atoms with Crippen molar-refractivity contribution in [3.63, 3.8) is 0 Å². The van der Waals surface area contributed by atoms with Gasteiger partial charge in [0, 0.05) is 5.56 Å². The van der Waals surface area contributed by atoms with Crippen LogP contribution in [-0.2, 0) is 0 Å². The summed E-state index contributed by atoms with van der Waals surface area (Å²) in [4.78, 5) is 12.2. The largest absolute Gasteiger partial charge is 0.289 e. The Balaban J connectivity index is 1.86. The highest BCUT2D eigenvalue weighted by Crippen LogP contribution is 2.16. The first-order chi connectivity index (χ1) is 10.2. The van der Waals surface area contributed by atoms with Crippen LogP contribution in [0.1, 0.15) is 15.9 Å². The smallest absolute Gasteiger partial charge is 0.185 e. The van der Waals surface area contributed by atoms with E-state index in [4.69, 9.17) is 0 Å². The molecule has 2 heteroatoms. The van der Waals surface area contributed by atoms with Crippen molar-refractivity contribution in [3.05, 3.63) is 89.8 Å². The number of allylic oxidation sites excluding steroid dienone is 1. The predicted octanol–water partition coefficient (Wildman–Crippen LogP) is 4.88. The van der Waals surface area contributed by atoms with Crippen LogP contribution in [0.2, 0.25) is 0 Å². The fourth-order valence-electron chi connectivity index (χ4n) is 2.22. The number of hydrogen-bond donors (Lipinski definition) is 0. The highest BCUT2D eigenvalue weighted by Gasteiger charge is 2.03. The van der Waals surface area contributed by atoms with Gasteiger partial charge in [-0.05, 0) is 40.6 Å². The van der Waals surface area contributed by atoms with Crippen molar-refractivity contribution in [2.24, 2.45) is 0 Å². The lowest BCUT2D eigenvalue weighted by Crippen LogP contribution is -1.93. The molecule has 0 aromatic heterocycles. The Kier molecular flexibility index (Phi) is 3.61. The molecule has 0 spiro atoms. The summed E-state index contributed by atoms with van der Waals surface area (Å²) in [5.41, 5.74) is 1.30. The third kappa shape index (κ3) is 3.06. The van der Waals surface area contributed by atoms with E-state index in [1.54, 1.807) is 24.3 Å². The minimum atomic E-state index is -0.310. The monoisotopic (exact) mass is 276 g/mol. The molecule has 0 atom stereocenters. The van der Waals surface area contributed by atoms with E-state index < -0.39 is 0 Å². The molecule has 3 aromatic rings. The highest BCUT2D eigenvalue weighted by atomic mass is 19.1. The molecule has 0 aliphatic heterocycles. The molecule has 0 fully saturated rings. The Labute approximate surface area is 122 Å². The van der Waals surface area contributed by atoms with E-state index >= 15 is 0 Å². The summed E-state index contributed by atoms with van der Waals surface area (Å²) in [6.45, 7) is 0. The second kappa shape index (κ2) is 5.71. The number of ketones is 1. The van der Waals surface area contributed by atoms with Gasteiger partial charge in [-0.15, -0.1) is 0 Å². The third-order valence-electron chi connectivity index (χ3n) is 3.31. The van der Waals surface area contributed by atoms with Crippen molar-refractivity contribution in [2.45, 2.75) is 0 Å². The maximum atomic E-state index is 13.1. The lowest BCUT2D eigenvalue weighted by molar-refractivity contribution is 0.104. The van der Waals surface area contributed by atoms with Crippen LogP contribution in [0.4, 0.5) is 4.39 Å². The zero-order valence-corrected chi connectivity index (χ0v) is 11.3. The molecular weight excluding hydrogens is 263 g/mol. The Morgan fingerprint density at radius 3 is 2.48 bits per heavy atom. The standard InChI is InChI=1S/C19H13FO/c20-18-7-3-4-14(12-18)8-11-19(21)17-10-9-15-5-1-2-6-16(15)13-17/h1-13H. The van der Waals surface area contributed by atoms with Crippen molar-refractivity contribution < 1.29 is 9.18 Å². The van der Waals surface area contributed by atoms with E-state index in [1.807, 2.05) is 36.4 Å². The van der Waals surface area contributed by atoms with Gasteiger partial charge in [-0.1, -0.05) is 54.6 Å². The van der Waals surface area contributed by atoms with Crippen molar-refractivity contribution in [3.8, 4) is 0 Å². The third-order valence-corrected chi connectivity index (χ3v) is 3.31. The summed E-state index contributed by atoms with van der Waals surface area (Å²) in [5, 5.41) is 2.13. The van der Waals surface area contributed by atoms with Gasteiger partial charge in [0.25, 0.3) is 0 Å². The normalized spacial score (nSPS) is 11.1. The topological polar surface area (TPSA) is 17.1 Å². The molecule has 0 N–H and O–H groups in total. The average molecular weight is 276 g/mol. The molecule has 3 aromatic carbocycles. The Morgan fingerprint density at radius 1 is 0.857 bits per heavy atom. The van der Waals surface area contributed by atoms with Crippen molar-refractivity contribution in [1.29, 1.82) is 0 Å². The van der Waals surface area contributed by atoms with Crippen LogP contribution >= 0.6 is 0 Å². The second-order valence-corrected chi connectivity index (χ2v) is 4.81. The second-order valence-electron chi connectivity index (χ2n) is 4.81. The molecule has 0 bridgehead atoms. The molecule has 0 amide bonds. The lowest BCUT2D eigenvalue weighted by atomic mass is 10.0. The van der Waals surface area contributed by atoms with E-state index in [2.05, 4.69) is 0 Å². The number of hydrogen-bond acceptors (Lipinski definition) is 1. The van der Waals surface area contributed by atoms with Crippen LogP contribution in [0.5, 0.6) is 0 Å². The van der Waals surface area contributed by atoms with Crippen molar-refractivity contribution in [2.75, 3.05) is 0 Å². The van der Waals surface area contributed by atoms with E-state index in [0.29, 0.717) is 11.1 Å². The SMILES string of the molecule is O=C(C=Cc1cccc(F)c1)c1ccc2ccccc2c1. The van der Waals surface area contributed by atoms with Gasteiger partial charge < -0.3 is 0 Å². The molecule has 0 heterocycles. The van der Waals surface area contributed by atoms with Gasteiger partial charge in [-0.3, -0.25) is 4.79 Å². The molecule has 0 saturated heterocycles. The van der Waals surface area contributed by atoms with Crippen LogP contribution in [0, 0.1) is 5.82 Å². The number of rotatable bonds is 3. The number of benzene rings is 3. The molecule has 3 rings (SSSR count). The zero-order chi connectivity index (χ0) is 14.7. The summed E-state index contributed by atoms with van der Waals surface area (Å²) in [6, 6.07) is 19.6. The van der Waals surface area contributed by atoms with E-state index in [1.165, 1.54) is 18.2 Å². The summed E-state index contributed by atoms with van der Waals surface area (Å²) < 4.78 is 13.1. The van der Waals surface area contributed by atoms with Gasteiger partial charge in [-0.25, -0.2) is 4.39 Å². The van der Waals surface area contributed by atoms with E-state index in [-0.39, 0.29) is 11.6 Å². The Hall–Kier alpha value is -2.74. The minimum Gasteiger partial charge on any atom is -0.289 e. The van der Waals surface area contributed by atoms with Gasteiger partial charge in [0.2, 0.25) is 0 Å². The van der Waals surface area contributed by atoms with Gasteiger partial charge >= 0.3 is 0 Å². The zero-order valence-electron chi connectivity index (χ0n) is 11.3. The molecule has 102 valence electrons. The molecule has 0 unspecified atom stereocenters. The summed E-state index contributed by atoms with van der Waals surface area (Å²) in [7, 11) is 0. The predicted molar refractivity (Wildman–Crippen MR) is 83.7 cm³/mol. The lowest BCUT2D eigenvalue weighted by Gasteiger charge is -2.00. The average Bonchev–Trinajstić information content (AvgIpc) is 2.52. The molecule has 0 aliphatic rings. The Morgan fingerprint density at radius 2 is 1.67 bits per heavy atom. The molecule has 0 aliphatic carbocycles. The summed E-state index contributed by atoms with van der Waals surface area (Å²) in [5.74, 6) is -0.402. The van der Waals surface area contributed by atoms with Crippen molar-refractivity contribution >= 4 is 22.6 Å². The molecule has 0 saturated carbocycles. The first-order valence-electron chi connectivity index (χ1n) is 6.69. The number of carbonyl (C=O) groups is 1. The fraction of sp³-hybridized carbons (Fsp3) is 0. The summed E-state index contributed by atoms with van der Waals surface area (Å²) in [6.07, 6.45) is 3.10. The summed E-state index contributed by atoms with van der Waals surface area (Å²) >= 11 is 0. The first kappa shape index (κ1) is 13.3. The van der Waals surface area contributed by atoms with E-state index in [9.17, 15) is 9.18 Å². The van der Waals surface area contributed by atoms with Crippen LogP contribution in [0.15, 0.2) is 72.8 Å². The number of halogens is 1. The van der Waals surface area contributed by atoms with Crippen LogP contribution in [0.3, 0.4) is 0 Å². The van der Waals surface area contributed by atoms with E-state index in [0.717, 1.165) is 10.8 Å². The van der Waals surface area contributed by atoms with Gasteiger partial charge in [0.15, 0.2) is 5.78 Å². The molecule has 1 nitrogen and oxygen atoms in total. The van der Waals surface area contributed by atoms with Crippen LogP contribution in [-0.4, -0.2) is 5.78 Å². The maximum absolute atomic E-state index is 13.1. The van der Waals surface area contributed by atoms with Gasteiger partial charge in [-0.2, -0.15) is 0 Å².